The number of ether oxygens (including phenoxy) is 1. The van der Waals surface area contributed by atoms with E-state index in [0.717, 1.165) is 12.8 Å². The van der Waals surface area contributed by atoms with Crippen molar-refractivity contribution in [3.8, 4) is 0 Å². The van der Waals surface area contributed by atoms with Crippen LogP contribution >= 0.6 is 0 Å². The van der Waals surface area contributed by atoms with Crippen LogP contribution in [-0.2, 0) is 14.6 Å². The van der Waals surface area contributed by atoms with Gasteiger partial charge < -0.3 is 10.5 Å². The lowest BCUT2D eigenvalue weighted by Gasteiger charge is -2.26. The number of sulfone groups is 1. The van der Waals surface area contributed by atoms with Gasteiger partial charge in [0.05, 0.1) is 11.9 Å². The fourth-order valence-corrected chi connectivity index (χ4v) is 3.42. The lowest BCUT2D eigenvalue weighted by atomic mass is 9.87. The topological polar surface area (TPSA) is 69.4 Å². The van der Waals surface area contributed by atoms with Gasteiger partial charge in [0.2, 0.25) is 0 Å². The number of rotatable bonds is 5. The molecule has 5 heteroatoms. The normalized spacial score (nSPS) is 32.1. The summed E-state index contributed by atoms with van der Waals surface area (Å²) < 4.78 is 28.3. The largest absolute Gasteiger partial charge is 0.381 e. The molecule has 0 aromatic carbocycles. The number of hydrogen-bond acceptors (Lipinski definition) is 4. The molecule has 0 bridgehead atoms. The van der Waals surface area contributed by atoms with Crippen LogP contribution < -0.4 is 5.73 Å². The maximum absolute atomic E-state index is 11.4. The molecule has 0 heterocycles. The van der Waals surface area contributed by atoms with Crippen LogP contribution in [0.2, 0.25) is 0 Å². The Hall–Kier alpha value is -0.130. The molecule has 0 amide bonds. The van der Waals surface area contributed by atoms with Crippen molar-refractivity contribution in [1.82, 2.24) is 0 Å². The molecule has 15 heavy (non-hydrogen) atoms. The Morgan fingerprint density at radius 3 is 2.60 bits per heavy atom. The molecule has 2 N–H and O–H groups in total. The van der Waals surface area contributed by atoms with Gasteiger partial charge in [-0.15, -0.1) is 0 Å². The second kappa shape index (κ2) is 4.80. The summed E-state index contributed by atoms with van der Waals surface area (Å²) in [5.41, 5.74) is 5.63. The van der Waals surface area contributed by atoms with Gasteiger partial charge in [-0.1, -0.05) is 0 Å². The van der Waals surface area contributed by atoms with Gasteiger partial charge in [-0.25, -0.2) is 8.42 Å². The van der Waals surface area contributed by atoms with Crippen LogP contribution in [0.5, 0.6) is 0 Å². The van der Waals surface area contributed by atoms with Crippen molar-refractivity contribution in [3.63, 3.8) is 0 Å². The third kappa shape index (κ3) is 3.16. The molecular weight excluding hydrogens is 214 g/mol. The summed E-state index contributed by atoms with van der Waals surface area (Å²) in [5.74, 6) is 0. The van der Waals surface area contributed by atoms with E-state index in [1.165, 1.54) is 6.26 Å². The minimum Gasteiger partial charge on any atom is -0.381 e. The van der Waals surface area contributed by atoms with Crippen LogP contribution in [0.25, 0.3) is 0 Å². The number of nitrogens with two attached hydrogens (primary N) is 1. The van der Waals surface area contributed by atoms with Gasteiger partial charge >= 0.3 is 0 Å². The average Bonchev–Trinajstić information content (AvgIpc) is 2.59. The lowest BCUT2D eigenvalue weighted by molar-refractivity contribution is 0.0589. The van der Waals surface area contributed by atoms with Gasteiger partial charge in [0.15, 0.2) is 0 Å². The monoisotopic (exact) mass is 235 g/mol. The van der Waals surface area contributed by atoms with Crippen molar-refractivity contribution >= 4 is 9.84 Å². The molecule has 4 nitrogen and oxygen atoms in total. The van der Waals surface area contributed by atoms with E-state index < -0.39 is 9.84 Å². The van der Waals surface area contributed by atoms with Crippen molar-refractivity contribution in [2.75, 3.05) is 26.0 Å². The van der Waals surface area contributed by atoms with Crippen molar-refractivity contribution in [1.29, 1.82) is 0 Å². The molecule has 2 atom stereocenters. The highest BCUT2D eigenvalue weighted by Crippen LogP contribution is 2.40. The summed E-state index contributed by atoms with van der Waals surface area (Å²) in [6.45, 7) is 3.70. The summed E-state index contributed by atoms with van der Waals surface area (Å²) >= 11 is 0. The van der Waals surface area contributed by atoms with Gasteiger partial charge in [0, 0.05) is 24.8 Å². The maximum Gasteiger partial charge on any atom is 0.150 e. The average molecular weight is 235 g/mol. The summed E-state index contributed by atoms with van der Waals surface area (Å²) in [7, 11) is -2.92. The van der Waals surface area contributed by atoms with E-state index >= 15 is 0 Å². The second-order valence-electron chi connectivity index (χ2n) is 4.54. The predicted octanol–water partition coefficient (Wildman–Crippen LogP) is 0.565. The molecule has 1 fully saturated rings. The molecule has 0 aromatic heterocycles. The molecule has 1 saturated carbocycles. The molecule has 0 unspecified atom stereocenters. The minimum absolute atomic E-state index is 0.107. The Labute approximate surface area is 92.1 Å². The van der Waals surface area contributed by atoms with Gasteiger partial charge in [-0.05, 0) is 26.2 Å². The van der Waals surface area contributed by atoms with E-state index in [0.29, 0.717) is 26.2 Å². The van der Waals surface area contributed by atoms with E-state index in [2.05, 4.69) is 0 Å². The Balaban J connectivity index is 2.65. The highest BCUT2D eigenvalue weighted by atomic mass is 32.2. The zero-order valence-corrected chi connectivity index (χ0v) is 10.3. The van der Waals surface area contributed by atoms with E-state index in [1.54, 1.807) is 0 Å². The number of hydrogen-bond donors (Lipinski definition) is 1. The molecule has 0 spiro atoms. The SMILES string of the molecule is CCOC[C@]1(CN)CC[C@@H](S(C)(=O)=O)C1. The second-order valence-corrected chi connectivity index (χ2v) is 6.86. The summed E-state index contributed by atoms with van der Waals surface area (Å²) in [5, 5.41) is -0.221. The summed E-state index contributed by atoms with van der Waals surface area (Å²) in [6, 6.07) is 0. The maximum atomic E-state index is 11.4. The van der Waals surface area contributed by atoms with Gasteiger partial charge in [0.25, 0.3) is 0 Å². The standard InChI is InChI=1S/C10H21NO3S/c1-3-14-8-10(7-11)5-4-9(6-10)15(2,12)13/h9H,3-8,11H2,1-2H3/t9-,10-/m1/s1. The van der Waals surface area contributed by atoms with Crippen molar-refractivity contribution in [2.24, 2.45) is 11.1 Å². The van der Waals surface area contributed by atoms with Gasteiger partial charge in [-0.2, -0.15) is 0 Å². The van der Waals surface area contributed by atoms with E-state index in [9.17, 15) is 8.42 Å². The van der Waals surface area contributed by atoms with E-state index in [-0.39, 0.29) is 10.7 Å². The molecular formula is C10H21NO3S. The Morgan fingerprint density at radius 1 is 1.53 bits per heavy atom. The molecule has 1 rings (SSSR count). The molecule has 0 radical (unpaired) electrons. The first-order valence-corrected chi connectivity index (χ1v) is 7.36. The smallest absolute Gasteiger partial charge is 0.150 e. The van der Waals surface area contributed by atoms with E-state index in [4.69, 9.17) is 10.5 Å². The van der Waals surface area contributed by atoms with Gasteiger partial charge in [-0.3, -0.25) is 0 Å². The van der Waals surface area contributed by atoms with Crippen LogP contribution in [0, 0.1) is 5.41 Å². The third-order valence-electron chi connectivity index (χ3n) is 3.31. The fourth-order valence-electron chi connectivity index (χ4n) is 2.21. The fraction of sp³-hybridized carbons (Fsp3) is 1.00. The zero-order chi connectivity index (χ0) is 11.5. The Kier molecular flexibility index (Phi) is 4.14. The lowest BCUT2D eigenvalue weighted by Crippen LogP contribution is -2.34. The van der Waals surface area contributed by atoms with Crippen LogP contribution in [-0.4, -0.2) is 39.7 Å². The third-order valence-corrected chi connectivity index (χ3v) is 4.92. The highest BCUT2D eigenvalue weighted by molar-refractivity contribution is 7.91. The predicted molar refractivity (Wildman–Crippen MR) is 60.5 cm³/mol. The highest BCUT2D eigenvalue weighted by Gasteiger charge is 2.42. The molecule has 1 aliphatic rings. The molecule has 0 aliphatic heterocycles. The zero-order valence-electron chi connectivity index (χ0n) is 9.53. The first kappa shape index (κ1) is 12.9. The Morgan fingerprint density at radius 2 is 2.20 bits per heavy atom. The summed E-state index contributed by atoms with van der Waals surface area (Å²) in [4.78, 5) is 0. The molecule has 90 valence electrons. The van der Waals surface area contributed by atoms with Crippen molar-refractivity contribution in [3.05, 3.63) is 0 Å². The molecule has 0 aromatic rings. The molecule has 0 saturated heterocycles. The summed E-state index contributed by atoms with van der Waals surface area (Å²) in [6.07, 6.45) is 3.55. The quantitative estimate of drug-likeness (QED) is 0.756. The van der Waals surface area contributed by atoms with E-state index in [1.807, 2.05) is 6.92 Å². The van der Waals surface area contributed by atoms with Crippen LogP contribution in [0.1, 0.15) is 26.2 Å². The Bertz CT molecular complexity index is 302. The van der Waals surface area contributed by atoms with Crippen LogP contribution in [0.4, 0.5) is 0 Å². The first-order valence-electron chi connectivity index (χ1n) is 5.40. The van der Waals surface area contributed by atoms with Crippen LogP contribution in [0.15, 0.2) is 0 Å². The first-order chi connectivity index (χ1) is 6.93. The molecule has 1 aliphatic carbocycles. The van der Waals surface area contributed by atoms with Crippen molar-refractivity contribution < 1.29 is 13.2 Å². The van der Waals surface area contributed by atoms with Crippen LogP contribution in [0.3, 0.4) is 0 Å². The van der Waals surface area contributed by atoms with Crippen molar-refractivity contribution in [2.45, 2.75) is 31.4 Å². The van der Waals surface area contributed by atoms with Gasteiger partial charge in [0.1, 0.15) is 9.84 Å². The minimum atomic E-state index is -2.92.